The smallest absolute Gasteiger partial charge is 0.274 e. The predicted molar refractivity (Wildman–Crippen MR) is 102 cm³/mol. The molecule has 0 atom stereocenters. The van der Waals surface area contributed by atoms with Gasteiger partial charge in [-0.1, -0.05) is 0 Å². The van der Waals surface area contributed by atoms with Crippen molar-refractivity contribution in [2.24, 2.45) is 24.8 Å². The minimum atomic E-state index is -0.144. The van der Waals surface area contributed by atoms with E-state index in [9.17, 15) is 4.79 Å². The second kappa shape index (κ2) is 5.54. The summed E-state index contributed by atoms with van der Waals surface area (Å²) in [7, 11) is 1.82. The highest BCUT2D eigenvalue weighted by molar-refractivity contribution is 9.10. The Bertz CT molecular complexity index is 874. The van der Waals surface area contributed by atoms with Crippen LogP contribution in [-0.4, -0.2) is 25.5 Å². The molecule has 0 aromatic carbocycles. The molecule has 6 rings (SSSR count). The van der Waals surface area contributed by atoms with Crippen LogP contribution in [0.15, 0.2) is 10.7 Å². The van der Waals surface area contributed by atoms with Crippen molar-refractivity contribution < 1.29 is 4.79 Å². The molecule has 4 aliphatic rings. The van der Waals surface area contributed by atoms with Gasteiger partial charge in [0.05, 0.1) is 10.2 Å². The first-order valence-electron chi connectivity index (χ1n) is 9.67. The molecule has 0 spiro atoms. The molecule has 4 bridgehead atoms. The van der Waals surface area contributed by atoms with Gasteiger partial charge in [0.15, 0.2) is 5.69 Å². The number of rotatable bonds is 2. The Morgan fingerprint density at radius 3 is 2.19 bits per heavy atom. The highest BCUT2D eigenvalue weighted by atomic mass is 79.9. The quantitative estimate of drug-likeness (QED) is 0.738. The van der Waals surface area contributed by atoms with Gasteiger partial charge in [-0.05, 0) is 91.5 Å². The zero-order chi connectivity index (χ0) is 18.2. The van der Waals surface area contributed by atoms with E-state index in [2.05, 4.69) is 34.9 Å². The van der Waals surface area contributed by atoms with Crippen LogP contribution in [0.3, 0.4) is 0 Å². The molecule has 6 heteroatoms. The average Bonchev–Trinajstić information content (AvgIpc) is 3.04. The molecule has 4 fully saturated rings. The maximum Gasteiger partial charge on any atom is 0.300 e. The van der Waals surface area contributed by atoms with Gasteiger partial charge < -0.3 is 0 Å². The molecule has 4 saturated carbocycles. The van der Waals surface area contributed by atoms with Gasteiger partial charge >= 0.3 is 0 Å². The molecule has 2 aromatic heterocycles. The van der Waals surface area contributed by atoms with E-state index in [0.717, 1.165) is 29.1 Å². The Hall–Kier alpha value is -1.43. The Morgan fingerprint density at radius 2 is 1.69 bits per heavy atom. The third kappa shape index (κ3) is 2.30. The van der Waals surface area contributed by atoms with Crippen LogP contribution in [0.4, 0.5) is 0 Å². The van der Waals surface area contributed by atoms with Gasteiger partial charge in [-0.15, -0.1) is 0 Å². The summed E-state index contributed by atoms with van der Waals surface area (Å²) in [5.41, 5.74) is 4.09. The van der Waals surface area contributed by atoms with Crippen molar-refractivity contribution in [1.29, 1.82) is 0 Å². The lowest BCUT2D eigenvalue weighted by molar-refractivity contribution is -0.00576. The minimum absolute atomic E-state index is 0.144. The molecule has 0 radical (unpaired) electrons. The fourth-order valence-electron chi connectivity index (χ4n) is 6.73. The van der Waals surface area contributed by atoms with E-state index in [-0.39, 0.29) is 11.3 Å². The summed E-state index contributed by atoms with van der Waals surface area (Å²) in [6, 6.07) is 0. The van der Waals surface area contributed by atoms with E-state index in [1.54, 1.807) is 15.6 Å². The Balaban J connectivity index is 1.58. The van der Waals surface area contributed by atoms with Gasteiger partial charge in [-0.2, -0.15) is 14.9 Å². The van der Waals surface area contributed by atoms with E-state index >= 15 is 0 Å². The molecule has 26 heavy (non-hydrogen) atoms. The lowest BCUT2D eigenvalue weighted by Gasteiger charge is -2.57. The summed E-state index contributed by atoms with van der Waals surface area (Å²) in [5, 5.41) is 9.01. The first-order valence-corrected chi connectivity index (χ1v) is 10.5. The third-order valence-corrected chi connectivity index (χ3v) is 7.62. The van der Waals surface area contributed by atoms with Gasteiger partial charge in [0.25, 0.3) is 5.91 Å². The summed E-state index contributed by atoms with van der Waals surface area (Å²) in [5.74, 6) is 2.49. The van der Waals surface area contributed by atoms with Crippen molar-refractivity contribution in [3.63, 3.8) is 0 Å². The van der Waals surface area contributed by atoms with E-state index in [1.165, 1.54) is 44.1 Å². The van der Waals surface area contributed by atoms with E-state index < -0.39 is 0 Å². The van der Waals surface area contributed by atoms with Crippen LogP contribution in [0.2, 0.25) is 0 Å². The number of carbonyl (C=O) groups excluding carboxylic acids is 1. The van der Waals surface area contributed by atoms with E-state index in [1.807, 2.05) is 7.05 Å². The average molecular weight is 417 g/mol. The van der Waals surface area contributed by atoms with Gasteiger partial charge in [-0.25, -0.2) is 0 Å². The van der Waals surface area contributed by atoms with E-state index in [4.69, 9.17) is 5.10 Å². The number of carbonyl (C=O) groups is 1. The number of hydrogen-bond acceptors (Lipinski definition) is 3. The van der Waals surface area contributed by atoms with Crippen molar-refractivity contribution in [2.75, 3.05) is 0 Å². The number of hydrogen-bond donors (Lipinski definition) is 0. The second-order valence-electron chi connectivity index (χ2n) is 8.96. The van der Waals surface area contributed by atoms with Crippen LogP contribution in [0, 0.1) is 31.6 Å². The number of aryl methyl sites for hydroxylation is 2. The molecule has 2 heterocycles. The molecular formula is C20H25BrN4O. The topological polar surface area (TPSA) is 52.7 Å². The van der Waals surface area contributed by atoms with Crippen molar-refractivity contribution >= 4 is 21.8 Å². The molecule has 5 nitrogen and oxygen atoms in total. The molecule has 0 saturated heterocycles. The molecule has 4 aliphatic carbocycles. The van der Waals surface area contributed by atoms with Crippen LogP contribution >= 0.6 is 15.9 Å². The largest absolute Gasteiger partial charge is 0.300 e. The number of halogens is 1. The lowest BCUT2D eigenvalue weighted by Crippen LogP contribution is -2.49. The fourth-order valence-corrected chi connectivity index (χ4v) is 7.27. The molecule has 0 aliphatic heterocycles. The Kier molecular flexibility index (Phi) is 3.56. The first-order chi connectivity index (χ1) is 12.4. The molecule has 138 valence electrons. The Morgan fingerprint density at radius 1 is 1.12 bits per heavy atom. The maximum absolute atomic E-state index is 13.1. The van der Waals surface area contributed by atoms with Gasteiger partial charge in [-0.3, -0.25) is 9.48 Å². The highest BCUT2D eigenvalue weighted by Gasteiger charge is 2.53. The maximum atomic E-state index is 13.1. The van der Waals surface area contributed by atoms with Crippen LogP contribution in [0.25, 0.3) is 0 Å². The zero-order valence-electron chi connectivity index (χ0n) is 15.6. The highest BCUT2D eigenvalue weighted by Crippen LogP contribution is 2.61. The van der Waals surface area contributed by atoms with Crippen molar-refractivity contribution in [3.05, 3.63) is 33.3 Å². The normalized spacial score (nSPS) is 32.4. The van der Waals surface area contributed by atoms with Crippen molar-refractivity contribution in [2.45, 2.75) is 57.8 Å². The van der Waals surface area contributed by atoms with Gasteiger partial charge in [0, 0.05) is 24.5 Å². The van der Waals surface area contributed by atoms with Crippen molar-refractivity contribution in [1.82, 2.24) is 19.6 Å². The molecular weight excluding hydrogens is 392 g/mol. The molecule has 0 N–H and O–H groups in total. The summed E-state index contributed by atoms with van der Waals surface area (Å²) in [4.78, 5) is 13.1. The second-order valence-corrected chi connectivity index (χ2v) is 9.81. The minimum Gasteiger partial charge on any atom is -0.274 e. The van der Waals surface area contributed by atoms with Gasteiger partial charge in [0.2, 0.25) is 0 Å². The zero-order valence-corrected chi connectivity index (χ0v) is 17.2. The molecule has 0 amide bonds. The van der Waals surface area contributed by atoms with Crippen LogP contribution in [-0.2, 0) is 12.5 Å². The lowest BCUT2D eigenvalue weighted by atomic mass is 9.48. The molecule has 2 aromatic rings. The van der Waals surface area contributed by atoms with Crippen LogP contribution in [0.1, 0.15) is 66.0 Å². The summed E-state index contributed by atoms with van der Waals surface area (Å²) < 4.78 is 3.97. The fraction of sp³-hybridized carbons (Fsp3) is 0.650. The third-order valence-electron chi connectivity index (χ3n) is 7.04. The SMILES string of the molecule is Cc1nn(C(=O)c2nn(C)cc2Br)c(C)c1C12CC3CC(CC(C3)C1)C2. The molecule has 0 unspecified atom stereocenters. The van der Waals surface area contributed by atoms with Crippen LogP contribution in [0.5, 0.6) is 0 Å². The summed E-state index contributed by atoms with van der Waals surface area (Å²) >= 11 is 3.45. The van der Waals surface area contributed by atoms with Gasteiger partial charge in [0.1, 0.15) is 0 Å². The Labute approximate surface area is 162 Å². The first kappa shape index (κ1) is 16.7. The number of nitrogens with zero attached hydrogens (tertiary/aromatic N) is 4. The predicted octanol–water partition coefficient (Wildman–Crippen LogP) is 4.15. The monoisotopic (exact) mass is 416 g/mol. The number of aromatic nitrogens is 4. The standard InChI is InChI=1S/C20H25BrN4O/c1-11-17(20-7-13-4-14(8-20)6-15(5-13)9-20)12(2)25(22-11)19(26)18-16(21)10-24(3)23-18/h10,13-15H,4-9H2,1-3H3. The summed E-state index contributed by atoms with van der Waals surface area (Å²) in [6.45, 7) is 4.15. The van der Waals surface area contributed by atoms with Crippen LogP contribution < -0.4 is 0 Å². The summed E-state index contributed by atoms with van der Waals surface area (Å²) in [6.07, 6.45) is 9.93. The van der Waals surface area contributed by atoms with E-state index in [0.29, 0.717) is 10.2 Å². The van der Waals surface area contributed by atoms with Crippen molar-refractivity contribution in [3.8, 4) is 0 Å².